The highest BCUT2D eigenvalue weighted by Gasteiger charge is 2.48. The van der Waals surface area contributed by atoms with E-state index in [2.05, 4.69) is 36.3 Å². The molecule has 3 rings (SSSR count). The van der Waals surface area contributed by atoms with Gasteiger partial charge in [-0.1, -0.05) is 24.3 Å². The van der Waals surface area contributed by atoms with Crippen molar-refractivity contribution in [3.63, 3.8) is 0 Å². The standard InChI is InChI=1S/C13H19NO/c1-14-8-6-13(7-9-14)10-15-12-5-3-2-4-11(12)13/h2-5,11-12H,6-10H2,1H3/t11?,12-/m0/s1. The van der Waals surface area contributed by atoms with E-state index in [4.69, 9.17) is 4.74 Å². The Labute approximate surface area is 91.6 Å². The number of allylic oxidation sites excluding steroid dienone is 2. The second-order valence-electron chi connectivity index (χ2n) is 5.24. The topological polar surface area (TPSA) is 12.5 Å². The van der Waals surface area contributed by atoms with E-state index in [1.165, 1.54) is 25.9 Å². The maximum absolute atomic E-state index is 5.93. The van der Waals surface area contributed by atoms with Crippen LogP contribution in [0.1, 0.15) is 12.8 Å². The van der Waals surface area contributed by atoms with Crippen molar-refractivity contribution in [3.05, 3.63) is 24.3 Å². The van der Waals surface area contributed by atoms with Gasteiger partial charge in [-0.3, -0.25) is 0 Å². The lowest BCUT2D eigenvalue weighted by atomic mass is 9.68. The Morgan fingerprint density at radius 2 is 1.93 bits per heavy atom. The molecule has 0 aromatic carbocycles. The van der Waals surface area contributed by atoms with Crippen LogP contribution in [-0.4, -0.2) is 37.7 Å². The Hall–Kier alpha value is -0.600. The molecular formula is C13H19NO. The lowest BCUT2D eigenvalue weighted by Gasteiger charge is -2.40. The first-order chi connectivity index (χ1) is 7.30. The van der Waals surface area contributed by atoms with Gasteiger partial charge in [-0.25, -0.2) is 0 Å². The summed E-state index contributed by atoms with van der Waals surface area (Å²) in [6, 6.07) is 0. The molecule has 0 bridgehead atoms. The average Bonchev–Trinajstić information content (AvgIpc) is 2.63. The van der Waals surface area contributed by atoms with E-state index in [0.717, 1.165) is 6.61 Å². The van der Waals surface area contributed by atoms with E-state index in [0.29, 0.717) is 17.4 Å². The Morgan fingerprint density at radius 1 is 1.20 bits per heavy atom. The van der Waals surface area contributed by atoms with Crippen molar-refractivity contribution in [2.24, 2.45) is 11.3 Å². The third-order valence-corrected chi connectivity index (χ3v) is 4.34. The molecule has 2 heterocycles. The molecule has 2 atom stereocenters. The number of ether oxygens (including phenoxy) is 1. The fraction of sp³-hybridized carbons (Fsp3) is 0.692. The number of hydrogen-bond donors (Lipinski definition) is 0. The van der Waals surface area contributed by atoms with Crippen molar-refractivity contribution >= 4 is 0 Å². The van der Waals surface area contributed by atoms with Gasteiger partial charge in [-0.15, -0.1) is 0 Å². The van der Waals surface area contributed by atoms with E-state index in [1.54, 1.807) is 0 Å². The molecule has 0 amide bonds. The first-order valence-corrected chi connectivity index (χ1v) is 5.95. The van der Waals surface area contributed by atoms with Gasteiger partial charge >= 0.3 is 0 Å². The van der Waals surface area contributed by atoms with Gasteiger partial charge in [-0.05, 0) is 33.0 Å². The van der Waals surface area contributed by atoms with Crippen LogP contribution in [0.15, 0.2) is 24.3 Å². The molecule has 1 unspecified atom stereocenters. The zero-order valence-electron chi connectivity index (χ0n) is 9.36. The average molecular weight is 205 g/mol. The largest absolute Gasteiger partial charge is 0.373 e. The van der Waals surface area contributed by atoms with Gasteiger partial charge in [-0.2, -0.15) is 0 Å². The fourth-order valence-electron chi connectivity index (χ4n) is 3.20. The summed E-state index contributed by atoms with van der Waals surface area (Å²) in [7, 11) is 2.22. The van der Waals surface area contributed by atoms with Crippen LogP contribution in [0.5, 0.6) is 0 Å². The van der Waals surface area contributed by atoms with Gasteiger partial charge in [0.25, 0.3) is 0 Å². The summed E-state index contributed by atoms with van der Waals surface area (Å²) in [5.74, 6) is 0.635. The molecule has 2 fully saturated rings. The molecule has 2 saturated heterocycles. The van der Waals surface area contributed by atoms with Crippen molar-refractivity contribution in [1.82, 2.24) is 4.90 Å². The summed E-state index contributed by atoms with van der Waals surface area (Å²) in [4.78, 5) is 2.43. The van der Waals surface area contributed by atoms with Crippen molar-refractivity contribution in [2.45, 2.75) is 18.9 Å². The lowest BCUT2D eigenvalue weighted by Crippen LogP contribution is -2.42. The maximum Gasteiger partial charge on any atom is 0.0827 e. The summed E-state index contributed by atoms with van der Waals surface area (Å²) in [6.07, 6.45) is 11.8. The van der Waals surface area contributed by atoms with E-state index < -0.39 is 0 Å². The van der Waals surface area contributed by atoms with Crippen molar-refractivity contribution in [3.8, 4) is 0 Å². The molecule has 2 aliphatic heterocycles. The summed E-state index contributed by atoms with van der Waals surface area (Å²) >= 11 is 0. The SMILES string of the molecule is CN1CCC2(CC1)CO[C@H]1C=CC=CC12. The highest BCUT2D eigenvalue weighted by atomic mass is 16.5. The molecule has 0 radical (unpaired) electrons. The van der Waals surface area contributed by atoms with Gasteiger partial charge in [0.2, 0.25) is 0 Å². The van der Waals surface area contributed by atoms with Gasteiger partial charge in [0.15, 0.2) is 0 Å². The van der Waals surface area contributed by atoms with Crippen LogP contribution in [-0.2, 0) is 4.74 Å². The molecule has 1 spiro atoms. The Balaban J connectivity index is 1.82. The second-order valence-corrected chi connectivity index (χ2v) is 5.24. The minimum Gasteiger partial charge on any atom is -0.373 e. The smallest absolute Gasteiger partial charge is 0.0827 e. The molecule has 15 heavy (non-hydrogen) atoms. The third-order valence-electron chi connectivity index (χ3n) is 4.34. The summed E-state index contributed by atoms with van der Waals surface area (Å²) in [5.41, 5.74) is 0.443. The van der Waals surface area contributed by atoms with Crippen LogP contribution in [0.25, 0.3) is 0 Å². The van der Waals surface area contributed by atoms with Crippen LogP contribution in [0, 0.1) is 11.3 Å². The van der Waals surface area contributed by atoms with Crippen molar-refractivity contribution < 1.29 is 4.74 Å². The summed E-state index contributed by atoms with van der Waals surface area (Å²) in [5, 5.41) is 0. The molecule has 2 heteroatoms. The van der Waals surface area contributed by atoms with Gasteiger partial charge in [0.05, 0.1) is 12.7 Å². The molecule has 0 N–H and O–H groups in total. The summed E-state index contributed by atoms with van der Waals surface area (Å²) in [6.45, 7) is 3.42. The number of nitrogens with zero attached hydrogens (tertiary/aromatic N) is 1. The minimum atomic E-state index is 0.360. The molecule has 82 valence electrons. The Kier molecular flexibility index (Phi) is 2.22. The summed E-state index contributed by atoms with van der Waals surface area (Å²) < 4.78 is 5.93. The van der Waals surface area contributed by atoms with Crippen molar-refractivity contribution in [1.29, 1.82) is 0 Å². The highest BCUT2D eigenvalue weighted by molar-refractivity contribution is 5.21. The molecule has 3 aliphatic rings. The Bertz CT molecular complexity index is 300. The van der Waals surface area contributed by atoms with Crippen LogP contribution >= 0.6 is 0 Å². The molecular weight excluding hydrogens is 186 g/mol. The van der Waals surface area contributed by atoms with Gasteiger partial charge in [0.1, 0.15) is 0 Å². The molecule has 0 aromatic heterocycles. The van der Waals surface area contributed by atoms with E-state index in [9.17, 15) is 0 Å². The van der Waals surface area contributed by atoms with Crippen LogP contribution in [0.2, 0.25) is 0 Å². The van der Waals surface area contributed by atoms with Gasteiger partial charge < -0.3 is 9.64 Å². The number of hydrogen-bond acceptors (Lipinski definition) is 2. The third kappa shape index (κ3) is 1.47. The molecule has 0 aromatic rings. The van der Waals surface area contributed by atoms with Crippen LogP contribution < -0.4 is 0 Å². The quantitative estimate of drug-likeness (QED) is 0.598. The maximum atomic E-state index is 5.93. The molecule has 1 aliphatic carbocycles. The van der Waals surface area contributed by atoms with Crippen molar-refractivity contribution in [2.75, 3.05) is 26.7 Å². The van der Waals surface area contributed by atoms with Crippen LogP contribution in [0.4, 0.5) is 0 Å². The molecule has 0 saturated carbocycles. The van der Waals surface area contributed by atoms with Gasteiger partial charge in [0, 0.05) is 11.3 Å². The number of rotatable bonds is 0. The Morgan fingerprint density at radius 3 is 2.73 bits per heavy atom. The fourth-order valence-corrected chi connectivity index (χ4v) is 3.20. The zero-order chi connectivity index (χ0) is 10.3. The highest BCUT2D eigenvalue weighted by Crippen LogP contribution is 2.48. The zero-order valence-corrected chi connectivity index (χ0v) is 9.36. The number of likely N-dealkylation sites (tertiary alicyclic amines) is 1. The van der Waals surface area contributed by atoms with E-state index in [-0.39, 0.29) is 0 Å². The number of fused-ring (bicyclic) bond motifs is 2. The normalized spacial score (nSPS) is 38.5. The monoisotopic (exact) mass is 205 g/mol. The van der Waals surface area contributed by atoms with E-state index in [1.807, 2.05) is 0 Å². The minimum absolute atomic E-state index is 0.360. The first kappa shape index (κ1) is 9.61. The second kappa shape index (κ2) is 3.46. The van der Waals surface area contributed by atoms with E-state index >= 15 is 0 Å². The van der Waals surface area contributed by atoms with Crippen LogP contribution in [0.3, 0.4) is 0 Å². The number of piperidine rings is 1. The first-order valence-electron chi connectivity index (χ1n) is 5.95. The molecule has 2 nitrogen and oxygen atoms in total. The predicted molar refractivity (Wildman–Crippen MR) is 60.7 cm³/mol. The lowest BCUT2D eigenvalue weighted by molar-refractivity contribution is 0.0785. The predicted octanol–water partition coefficient (Wildman–Crippen LogP) is 1.84.